The van der Waals surface area contributed by atoms with Crippen LogP contribution in [0.5, 0.6) is 5.75 Å². The van der Waals surface area contributed by atoms with Crippen LogP contribution >= 0.6 is 0 Å². The molecule has 28 heavy (non-hydrogen) atoms. The number of aromatic nitrogens is 3. The average Bonchev–Trinajstić information content (AvgIpc) is 2.96. The van der Waals surface area contributed by atoms with Crippen molar-refractivity contribution < 1.29 is 13.9 Å². The normalized spacial score (nSPS) is 13.5. The summed E-state index contributed by atoms with van der Waals surface area (Å²) in [6.07, 6.45) is 4.44. The molecule has 0 spiro atoms. The van der Waals surface area contributed by atoms with E-state index < -0.39 is 5.82 Å². The van der Waals surface area contributed by atoms with Crippen LogP contribution in [0.1, 0.15) is 35.4 Å². The number of hydrogen-bond acceptors (Lipinski definition) is 4. The van der Waals surface area contributed by atoms with Crippen LogP contribution in [-0.4, -0.2) is 27.8 Å². The minimum Gasteiger partial charge on any atom is -0.494 e. The lowest BCUT2D eigenvalue weighted by molar-refractivity contribution is 0.102. The summed E-state index contributed by atoms with van der Waals surface area (Å²) in [6.45, 7) is 0.930. The van der Waals surface area contributed by atoms with Gasteiger partial charge >= 0.3 is 0 Å². The van der Waals surface area contributed by atoms with Crippen LogP contribution in [0.3, 0.4) is 0 Å². The molecule has 0 fully saturated rings. The van der Waals surface area contributed by atoms with Gasteiger partial charge in [-0.05, 0) is 55.3 Å². The second-order valence-corrected chi connectivity index (χ2v) is 6.78. The number of nitrogens with zero attached hydrogens (tertiary/aromatic N) is 3. The number of nitrogens with one attached hydrogen (secondary N) is 1. The van der Waals surface area contributed by atoms with Gasteiger partial charge in [-0.3, -0.25) is 4.79 Å². The van der Waals surface area contributed by atoms with E-state index in [2.05, 4.69) is 20.1 Å². The lowest BCUT2D eigenvalue weighted by Crippen LogP contribution is -2.12. The molecule has 3 aromatic rings. The van der Waals surface area contributed by atoms with Gasteiger partial charge in [0.2, 0.25) is 0 Å². The van der Waals surface area contributed by atoms with Crippen LogP contribution in [0.2, 0.25) is 0 Å². The summed E-state index contributed by atoms with van der Waals surface area (Å²) in [5, 5.41) is 11.4. The SMILES string of the molecule is COc1ccc(C(=O)Nc2ccc(-c3nnc4n3CCCCC4)cc2)cc1F. The van der Waals surface area contributed by atoms with E-state index in [1.165, 1.54) is 25.7 Å². The molecule has 144 valence electrons. The van der Waals surface area contributed by atoms with Crippen LogP contribution in [-0.2, 0) is 13.0 Å². The standard InChI is InChI=1S/C21H21FN4O2/c1-28-18-11-8-15(13-17(18)22)21(27)23-16-9-6-14(7-10-16)20-25-24-19-5-3-2-4-12-26(19)20/h6-11,13H,2-5,12H2,1H3,(H,23,27). The summed E-state index contributed by atoms with van der Waals surface area (Å²) in [5.41, 5.74) is 1.81. The smallest absolute Gasteiger partial charge is 0.255 e. The Morgan fingerprint density at radius 1 is 1.11 bits per heavy atom. The van der Waals surface area contributed by atoms with E-state index in [1.54, 1.807) is 0 Å². The van der Waals surface area contributed by atoms with Gasteiger partial charge in [0.15, 0.2) is 17.4 Å². The zero-order chi connectivity index (χ0) is 19.5. The molecule has 4 rings (SSSR count). The number of carbonyl (C=O) groups is 1. The summed E-state index contributed by atoms with van der Waals surface area (Å²) < 4.78 is 20.9. The van der Waals surface area contributed by atoms with E-state index in [1.807, 2.05) is 24.3 Å². The maximum Gasteiger partial charge on any atom is 0.255 e. The van der Waals surface area contributed by atoms with Gasteiger partial charge in [-0.1, -0.05) is 6.42 Å². The van der Waals surface area contributed by atoms with E-state index in [0.717, 1.165) is 49.1 Å². The van der Waals surface area contributed by atoms with Crippen LogP contribution in [0.4, 0.5) is 10.1 Å². The average molecular weight is 380 g/mol. The van der Waals surface area contributed by atoms with Gasteiger partial charge in [-0.25, -0.2) is 4.39 Å². The first kappa shape index (κ1) is 18.2. The second-order valence-electron chi connectivity index (χ2n) is 6.78. The highest BCUT2D eigenvalue weighted by Crippen LogP contribution is 2.24. The van der Waals surface area contributed by atoms with Crippen LogP contribution < -0.4 is 10.1 Å². The molecule has 0 saturated carbocycles. The van der Waals surface area contributed by atoms with Gasteiger partial charge in [0.05, 0.1) is 7.11 Å². The quantitative estimate of drug-likeness (QED) is 0.741. The number of carbonyl (C=O) groups excluding carboxylic acids is 1. The molecule has 0 bridgehead atoms. The lowest BCUT2D eigenvalue weighted by atomic mass is 10.1. The molecule has 1 amide bonds. The van der Waals surface area contributed by atoms with Gasteiger partial charge in [-0.15, -0.1) is 10.2 Å². The topological polar surface area (TPSA) is 69.0 Å². The zero-order valence-electron chi connectivity index (χ0n) is 15.6. The number of benzene rings is 2. The van der Waals surface area contributed by atoms with Crippen molar-refractivity contribution in [2.24, 2.45) is 0 Å². The van der Waals surface area contributed by atoms with Crippen LogP contribution in [0.25, 0.3) is 11.4 Å². The number of aryl methyl sites for hydroxylation is 1. The van der Waals surface area contributed by atoms with E-state index in [0.29, 0.717) is 5.69 Å². The van der Waals surface area contributed by atoms with Gasteiger partial charge in [0, 0.05) is 29.8 Å². The molecule has 0 atom stereocenters. The number of rotatable bonds is 4. The van der Waals surface area contributed by atoms with Gasteiger partial charge in [0.1, 0.15) is 5.82 Å². The summed E-state index contributed by atoms with van der Waals surface area (Å²) in [4.78, 5) is 12.4. The van der Waals surface area contributed by atoms with Crippen LogP contribution in [0.15, 0.2) is 42.5 Å². The Balaban J connectivity index is 1.50. The predicted molar refractivity (Wildman–Crippen MR) is 104 cm³/mol. The number of anilines is 1. The van der Waals surface area contributed by atoms with E-state index in [-0.39, 0.29) is 17.2 Å². The molecule has 0 unspecified atom stereocenters. The molecule has 6 nitrogen and oxygen atoms in total. The number of ether oxygens (including phenoxy) is 1. The number of methoxy groups -OCH3 is 1. The summed E-state index contributed by atoms with van der Waals surface area (Å²) >= 11 is 0. The molecule has 2 heterocycles. The van der Waals surface area contributed by atoms with Crippen molar-refractivity contribution in [3.63, 3.8) is 0 Å². The molecule has 0 saturated heterocycles. The number of hydrogen-bond donors (Lipinski definition) is 1. The molecule has 1 N–H and O–H groups in total. The van der Waals surface area contributed by atoms with Crippen molar-refractivity contribution in [2.75, 3.05) is 12.4 Å². The fourth-order valence-corrected chi connectivity index (χ4v) is 3.41. The van der Waals surface area contributed by atoms with Gasteiger partial charge in [0.25, 0.3) is 5.91 Å². The zero-order valence-corrected chi connectivity index (χ0v) is 15.6. The Morgan fingerprint density at radius 3 is 2.68 bits per heavy atom. The number of fused-ring (bicyclic) bond motifs is 1. The fraction of sp³-hybridized carbons (Fsp3) is 0.286. The minimum atomic E-state index is -0.571. The monoisotopic (exact) mass is 380 g/mol. The Morgan fingerprint density at radius 2 is 1.93 bits per heavy atom. The first-order chi connectivity index (χ1) is 13.7. The maximum absolute atomic E-state index is 13.8. The molecule has 2 aromatic carbocycles. The number of halogens is 1. The third-order valence-electron chi connectivity index (χ3n) is 4.92. The molecule has 1 aliphatic rings. The molecule has 0 aliphatic carbocycles. The Kier molecular flexibility index (Phi) is 5.06. The molecule has 1 aromatic heterocycles. The molecular formula is C21H21FN4O2. The summed E-state index contributed by atoms with van der Waals surface area (Å²) in [6, 6.07) is 11.6. The molecule has 0 radical (unpaired) electrons. The maximum atomic E-state index is 13.8. The van der Waals surface area contributed by atoms with Crippen molar-refractivity contribution in [2.45, 2.75) is 32.2 Å². The third-order valence-corrected chi connectivity index (χ3v) is 4.92. The Hall–Kier alpha value is -3.22. The second kappa shape index (κ2) is 7.80. The molecule has 1 aliphatic heterocycles. The van der Waals surface area contributed by atoms with Gasteiger partial charge in [-0.2, -0.15) is 0 Å². The Bertz CT molecular complexity index is 998. The largest absolute Gasteiger partial charge is 0.494 e. The first-order valence-corrected chi connectivity index (χ1v) is 9.33. The third kappa shape index (κ3) is 3.60. The summed E-state index contributed by atoms with van der Waals surface area (Å²) in [7, 11) is 1.38. The van der Waals surface area contributed by atoms with E-state index >= 15 is 0 Å². The predicted octanol–water partition coefficient (Wildman–Crippen LogP) is 4.07. The van der Waals surface area contributed by atoms with Crippen molar-refractivity contribution in [1.29, 1.82) is 0 Å². The van der Waals surface area contributed by atoms with Gasteiger partial charge < -0.3 is 14.6 Å². The lowest BCUT2D eigenvalue weighted by Gasteiger charge is -2.09. The van der Waals surface area contributed by atoms with Crippen molar-refractivity contribution in [1.82, 2.24) is 14.8 Å². The highest BCUT2D eigenvalue weighted by molar-refractivity contribution is 6.04. The minimum absolute atomic E-state index is 0.105. The van der Waals surface area contributed by atoms with Crippen molar-refractivity contribution in [3.8, 4) is 17.1 Å². The Labute approximate surface area is 162 Å². The highest BCUT2D eigenvalue weighted by Gasteiger charge is 2.16. The van der Waals surface area contributed by atoms with E-state index in [9.17, 15) is 9.18 Å². The molecular weight excluding hydrogens is 359 g/mol. The van der Waals surface area contributed by atoms with E-state index in [4.69, 9.17) is 4.74 Å². The van der Waals surface area contributed by atoms with Crippen LogP contribution in [0, 0.1) is 5.82 Å². The fourth-order valence-electron chi connectivity index (χ4n) is 3.41. The van der Waals surface area contributed by atoms with Crippen molar-refractivity contribution >= 4 is 11.6 Å². The summed E-state index contributed by atoms with van der Waals surface area (Å²) in [5.74, 6) is 1.04. The number of amides is 1. The molecule has 7 heteroatoms. The van der Waals surface area contributed by atoms with Crippen molar-refractivity contribution in [3.05, 3.63) is 59.7 Å². The first-order valence-electron chi connectivity index (χ1n) is 9.33. The highest BCUT2D eigenvalue weighted by atomic mass is 19.1.